The minimum Gasteiger partial charge on any atom is -0.495 e. The summed E-state index contributed by atoms with van der Waals surface area (Å²) >= 11 is 6.04. The number of carbonyl (C=O) groups is 1. The lowest BCUT2D eigenvalue weighted by atomic mass is 9.97. The van der Waals surface area contributed by atoms with Crippen molar-refractivity contribution in [1.82, 2.24) is 0 Å². The first-order valence-corrected chi connectivity index (χ1v) is 7.04. The van der Waals surface area contributed by atoms with Gasteiger partial charge in [-0.3, -0.25) is 4.79 Å². The zero-order valence-corrected chi connectivity index (χ0v) is 13.2. The normalized spacial score (nSPS) is 13.7. The van der Waals surface area contributed by atoms with Gasteiger partial charge in [0.1, 0.15) is 11.4 Å². The number of halogens is 1. The van der Waals surface area contributed by atoms with Crippen molar-refractivity contribution in [2.45, 2.75) is 38.7 Å². The Morgan fingerprint density at radius 2 is 2.10 bits per heavy atom. The molecule has 0 spiro atoms. The average Bonchev–Trinajstić information content (AvgIpc) is 2.44. The molecule has 1 N–H and O–H groups in total. The molecule has 0 heterocycles. The summed E-state index contributed by atoms with van der Waals surface area (Å²) in [6.07, 6.45) is 2.62. The molecule has 0 aliphatic carbocycles. The van der Waals surface area contributed by atoms with Crippen LogP contribution < -0.4 is 10.1 Å². The fourth-order valence-electron chi connectivity index (χ4n) is 1.83. The number of anilines is 1. The van der Waals surface area contributed by atoms with E-state index >= 15 is 0 Å². The molecule has 0 unspecified atom stereocenters. The maximum Gasteiger partial charge on any atom is 0.256 e. The van der Waals surface area contributed by atoms with Gasteiger partial charge < -0.3 is 14.8 Å². The van der Waals surface area contributed by atoms with Crippen molar-refractivity contribution in [2.24, 2.45) is 0 Å². The topological polar surface area (TPSA) is 47.6 Å². The van der Waals surface area contributed by atoms with Gasteiger partial charge in [-0.05, 0) is 31.5 Å². The van der Waals surface area contributed by atoms with Gasteiger partial charge in [-0.25, -0.2) is 0 Å². The smallest absolute Gasteiger partial charge is 0.256 e. The van der Waals surface area contributed by atoms with Crippen LogP contribution in [0.25, 0.3) is 0 Å². The van der Waals surface area contributed by atoms with E-state index in [0.29, 0.717) is 22.9 Å². The molecule has 0 aromatic heterocycles. The minimum atomic E-state index is -0.831. The standard InChI is InChI=1S/C15H22ClNO3/c1-5-6-9-15(2,20-4)14(18)17-11-7-8-13(19-3)12(16)10-11/h7-8,10H,5-6,9H2,1-4H3,(H,17,18)/t15-/m1/s1. The largest absolute Gasteiger partial charge is 0.495 e. The number of hydrogen-bond acceptors (Lipinski definition) is 3. The van der Waals surface area contributed by atoms with E-state index in [0.717, 1.165) is 12.8 Å². The maximum absolute atomic E-state index is 12.3. The highest BCUT2D eigenvalue weighted by atomic mass is 35.5. The Morgan fingerprint density at radius 1 is 1.40 bits per heavy atom. The Kier molecular flexibility index (Phi) is 6.30. The van der Waals surface area contributed by atoms with Crippen molar-refractivity contribution in [3.05, 3.63) is 23.2 Å². The van der Waals surface area contributed by atoms with Crippen molar-refractivity contribution in [3.63, 3.8) is 0 Å². The average molecular weight is 300 g/mol. The number of hydrogen-bond donors (Lipinski definition) is 1. The summed E-state index contributed by atoms with van der Waals surface area (Å²) in [7, 11) is 3.10. The SMILES string of the molecule is CCCC[C@@](C)(OC)C(=O)Nc1ccc(OC)c(Cl)c1. The van der Waals surface area contributed by atoms with Crippen LogP contribution in [0.15, 0.2) is 18.2 Å². The van der Waals surface area contributed by atoms with Gasteiger partial charge in [0.2, 0.25) is 0 Å². The maximum atomic E-state index is 12.3. The number of carbonyl (C=O) groups excluding carboxylic acids is 1. The molecule has 0 bridgehead atoms. The van der Waals surface area contributed by atoms with Gasteiger partial charge in [0, 0.05) is 12.8 Å². The third kappa shape index (κ3) is 4.12. The molecule has 0 saturated heterocycles. The number of unbranched alkanes of at least 4 members (excludes halogenated alkanes) is 1. The lowest BCUT2D eigenvalue weighted by molar-refractivity contribution is -0.136. The number of rotatable bonds is 7. The van der Waals surface area contributed by atoms with E-state index < -0.39 is 5.60 Å². The molecular formula is C15H22ClNO3. The predicted molar refractivity (Wildman–Crippen MR) is 81.6 cm³/mol. The van der Waals surface area contributed by atoms with Gasteiger partial charge in [0.25, 0.3) is 5.91 Å². The van der Waals surface area contributed by atoms with Crippen molar-refractivity contribution in [2.75, 3.05) is 19.5 Å². The van der Waals surface area contributed by atoms with Crippen molar-refractivity contribution < 1.29 is 14.3 Å². The Balaban J connectivity index is 2.80. The second-order valence-electron chi connectivity index (χ2n) is 4.84. The Labute approximate surface area is 125 Å². The molecule has 1 aromatic rings. The van der Waals surface area contributed by atoms with E-state index in [-0.39, 0.29) is 5.91 Å². The molecule has 112 valence electrons. The van der Waals surface area contributed by atoms with Gasteiger partial charge in [-0.1, -0.05) is 31.4 Å². The highest BCUT2D eigenvalue weighted by Crippen LogP contribution is 2.28. The summed E-state index contributed by atoms with van der Waals surface area (Å²) < 4.78 is 10.5. The second-order valence-corrected chi connectivity index (χ2v) is 5.25. The molecule has 0 saturated carbocycles. The highest BCUT2D eigenvalue weighted by Gasteiger charge is 2.32. The molecule has 1 amide bonds. The van der Waals surface area contributed by atoms with Crippen molar-refractivity contribution in [3.8, 4) is 5.75 Å². The molecule has 1 rings (SSSR count). The summed E-state index contributed by atoms with van der Waals surface area (Å²) in [5.74, 6) is 0.403. The minimum absolute atomic E-state index is 0.172. The fraction of sp³-hybridized carbons (Fsp3) is 0.533. The van der Waals surface area contributed by atoms with Gasteiger partial charge in [-0.2, -0.15) is 0 Å². The molecule has 1 aromatic carbocycles. The van der Waals surface area contributed by atoms with E-state index in [1.165, 1.54) is 0 Å². The van der Waals surface area contributed by atoms with Crippen molar-refractivity contribution >= 4 is 23.2 Å². The molecule has 0 aliphatic rings. The monoisotopic (exact) mass is 299 g/mol. The van der Waals surface area contributed by atoms with Gasteiger partial charge in [-0.15, -0.1) is 0 Å². The number of ether oxygens (including phenoxy) is 2. The molecule has 5 heteroatoms. The second kappa shape index (κ2) is 7.50. The van der Waals surface area contributed by atoms with Gasteiger partial charge in [0.15, 0.2) is 0 Å². The Morgan fingerprint density at radius 3 is 2.60 bits per heavy atom. The molecule has 20 heavy (non-hydrogen) atoms. The lowest BCUT2D eigenvalue weighted by Gasteiger charge is -2.26. The van der Waals surface area contributed by atoms with Crippen LogP contribution in [0.3, 0.4) is 0 Å². The number of nitrogens with one attached hydrogen (secondary N) is 1. The van der Waals surface area contributed by atoms with Crippen LogP contribution in [0.4, 0.5) is 5.69 Å². The highest BCUT2D eigenvalue weighted by molar-refractivity contribution is 6.32. The van der Waals surface area contributed by atoms with E-state index in [1.807, 2.05) is 0 Å². The zero-order valence-electron chi connectivity index (χ0n) is 12.5. The molecule has 4 nitrogen and oxygen atoms in total. The molecular weight excluding hydrogens is 278 g/mol. The Hall–Kier alpha value is -1.26. The number of benzene rings is 1. The number of amides is 1. The summed E-state index contributed by atoms with van der Waals surface area (Å²) in [5.41, 5.74) is -0.205. The summed E-state index contributed by atoms with van der Waals surface area (Å²) in [6.45, 7) is 3.88. The van der Waals surface area contributed by atoms with Gasteiger partial charge in [0.05, 0.1) is 12.1 Å². The van der Waals surface area contributed by atoms with Crippen LogP contribution in [-0.4, -0.2) is 25.7 Å². The number of methoxy groups -OCH3 is 2. The zero-order chi connectivity index (χ0) is 15.2. The molecule has 0 radical (unpaired) electrons. The van der Waals surface area contributed by atoms with E-state index in [2.05, 4.69) is 12.2 Å². The molecule has 0 aliphatic heterocycles. The summed E-state index contributed by atoms with van der Waals surface area (Å²) in [6, 6.07) is 5.13. The first kappa shape index (κ1) is 16.8. The van der Waals surface area contributed by atoms with Crippen LogP contribution in [0.5, 0.6) is 5.75 Å². The summed E-state index contributed by atoms with van der Waals surface area (Å²) in [4.78, 5) is 12.3. The van der Waals surface area contributed by atoms with Crippen LogP contribution in [-0.2, 0) is 9.53 Å². The fourth-order valence-corrected chi connectivity index (χ4v) is 2.09. The van der Waals surface area contributed by atoms with E-state index in [9.17, 15) is 4.79 Å². The quantitative estimate of drug-likeness (QED) is 0.831. The van der Waals surface area contributed by atoms with E-state index in [4.69, 9.17) is 21.1 Å². The molecule has 1 atom stereocenters. The third-order valence-corrected chi connectivity index (χ3v) is 3.64. The van der Waals surface area contributed by atoms with E-state index in [1.54, 1.807) is 39.3 Å². The predicted octanol–water partition coefficient (Wildman–Crippen LogP) is 3.88. The molecule has 0 fully saturated rings. The van der Waals surface area contributed by atoms with Crippen LogP contribution >= 0.6 is 11.6 Å². The first-order valence-electron chi connectivity index (χ1n) is 6.67. The summed E-state index contributed by atoms with van der Waals surface area (Å²) in [5, 5.41) is 3.29. The Bertz CT molecular complexity index is 464. The van der Waals surface area contributed by atoms with Gasteiger partial charge >= 0.3 is 0 Å². The van der Waals surface area contributed by atoms with Crippen molar-refractivity contribution in [1.29, 1.82) is 0 Å². The lowest BCUT2D eigenvalue weighted by Crippen LogP contribution is -2.41. The van der Waals surface area contributed by atoms with Crippen LogP contribution in [0.1, 0.15) is 33.1 Å². The van der Waals surface area contributed by atoms with Crippen LogP contribution in [0.2, 0.25) is 5.02 Å². The third-order valence-electron chi connectivity index (χ3n) is 3.35. The first-order chi connectivity index (χ1) is 9.46. The van der Waals surface area contributed by atoms with Crippen LogP contribution in [0, 0.1) is 0 Å².